The van der Waals surface area contributed by atoms with Gasteiger partial charge in [-0.1, -0.05) is 25.4 Å². The van der Waals surface area contributed by atoms with Crippen LogP contribution in [0.1, 0.15) is 24.3 Å². The molecule has 2 N–H and O–H groups in total. The highest BCUT2D eigenvalue weighted by Gasteiger charge is 2.09. The average Bonchev–Trinajstić information content (AvgIpc) is 2.56. The molecule has 4 heteroatoms. The van der Waals surface area contributed by atoms with Gasteiger partial charge in [-0.25, -0.2) is 0 Å². The van der Waals surface area contributed by atoms with E-state index in [1.807, 2.05) is 0 Å². The summed E-state index contributed by atoms with van der Waals surface area (Å²) >= 11 is 7.85. The van der Waals surface area contributed by atoms with Gasteiger partial charge in [-0.3, -0.25) is 4.90 Å². The third-order valence-corrected chi connectivity index (χ3v) is 3.99. The first-order valence-electron chi connectivity index (χ1n) is 5.40. The zero-order valence-corrected chi connectivity index (χ0v) is 11.0. The van der Waals surface area contributed by atoms with Crippen molar-refractivity contribution in [2.75, 3.05) is 19.6 Å². The van der Waals surface area contributed by atoms with E-state index in [1.165, 1.54) is 10.4 Å². The Labute approximate surface area is 101 Å². The highest BCUT2D eigenvalue weighted by Crippen LogP contribution is 2.28. The number of rotatable bonds is 6. The molecule has 0 spiro atoms. The topological polar surface area (TPSA) is 29.3 Å². The van der Waals surface area contributed by atoms with Crippen LogP contribution in [0.15, 0.2) is 6.07 Å². The lowest BCUT2D eigenvalue weighted by atomic mass is 10.2. The molecule has 15 heavy (non-hydrogen) atoms. The first-order chi connectivity index (χ1) is 7.21. The van der Waals surface area contributed by atoms with Gasteiger partial charge in [-0.05, 0) is 37.7 Å². The molecule has 0 aliphatic heterocycles. The molecule has 0 aliphatic carbocycles. The number of nitrogens with zero attached hydrogens (tertiary/aromatic N) is 1. The molecule has 0 aliphatic rings. The molecule has 1 aromatic rings. The highest BCUT2D eigenvalue weighted by atomic mass is 35.5. The molecule has 1 rings (SSSR count). The van der Waals surface area contributed by atoms with Crippen LogP contribution in [-0.2, 0) is 13.0 Å². The molecular weight excluding hydrogens is 228 g/mol. The smallest absolute Gasteiger partial charge is 0.0976 e. The van der Waals surface area contributed by atoms with Gasteiger partial charge in [0.1, 0.15) is 0 Å². The van der Waals surface area contributed by atoms with Gasteiger partial charge in [0.2, 0.25) is 0 Å². The van der Waals surface area contributed by atoms with Gasteiger partial charge in [0.05, 0.1) is 4.34 Å². The zero-order valence-electron chi connectivity index (χ0n) is 9.42. The fraction of sp³-hybridized carbons (Fsp3) is 0.636. The second kappa shape index (κ2) is 6.48. The molecule has 1 heterocycles. The second-order valence-electron chi connectivity index (χ2n) is 3.51. The van der Waals surface area contributed by atoms with E-state index in [0.717, 1.165) is 30.4 Å². The molecule has 0 saturated heterocycles. The van der Waals surface area contributed by atoms with Crippen molar-refractivity contribution in [2.45, 2.75) is 26.8 Å². The van der Waals surface area contributed by atoms with Crippen LogP contribution in [0.25, 0.3) is 0 Å². The normalized spacial score (nSPS) is 11.3. The van der Waals surface area contributed by atoms with Crippen LogP contribution >= 0.6 is 22.9 Å². The molecule has 1 aromatic heterocycles. The number of nitrogens with two attached hydrogens (primary N) is 1. The lowest BCUT2D eigenvalue weighted by molar-refractivity contribution is 0.296. The lowest BCUT2D eigenvalue weighted by Gasteiger charge is -2.17. The Bertz CT molecular complexity index is 295. The summed E-state index contributed by atoms with van der Waals surface area (Å²) in [5, 5.41) is 0. The van der Waals surface area contributed by atoms with Crippen LogP contribution in [0.5, 0.6) is 0 Å². The van der Waals surface area contributed by atoms with Crippen molar-refractivity contribution in [1.82, 2.24) is 4.90 Å². The molecule has 0 aromatic carbocycles. The highest BCUT2D eigenvalue weighted by molar-refractivity contribution is 7.16. The van der Waals surface area contributed by atoms with E-state index in [0.29, 0.717) is 6.54 Å². The Morgan fingerprint density at radius 1 is 1.40 bits per heavy atom. The maximum Gasteiger partial charge on any atom is 0.0976 e. The van der Waals surface area contributed by atoms with Crippen molar-refractivity contribution in [3.63, 3.8) is 0 Å². The van der Waals surface area contributed by atoms with E-state index in [9.17, 15) is 0 Å². The van der Waals surface area contributed by atoms with E-state index >= 15 is 0 Å². The first-order valence-corrected chi connectivity index (χ1v) is 6.60. The van der Waals surface area contributed by atoms with Gasteiger partial charge in [0, 0.05) is 11.4 Å². The van der Waals surface area contributed by atoms with E-state index in [1.54, 1.807) is 11.3 Å². The summed E-state index contributed by atoms with van der Waals surface area (Å²) in [6.07, 6.45) is 0.933. The molecule has 0 saturated carbocycles. The van der Waals surface area contributed by atoms with Gasteiger partial charge in [0.15, 0.2) is 0 Å². The van der Waals surface area contributed by atoms with Gasteiger partial charge in [-0.15, -0.1) is 11.3 Å². The average molecular weight is 247 g/mol. The minimum atomic E-state index is 0.696. The molecule has 2 nitrogen and oxygen atoms in total. The quantitative estimate of drug-likeness (QED) is 0.837. The van der Waals surface area contributed by atoms with Crippen molar-refractivity contribution < 1.29 is 0 Å². The summed E-state index contributed by atoms with van der Waals surface area (Å²) < 4.78 is 0.922. The summed E-state index contributed by atoms with van der Waals surface area (Å²) in [5.74, 6) is 0. The molecule has 0 bridgehead atoms. The number of thiophene rings is 1. The van der Waals surface area contributed by atoms with Gasteiger partial charge >= 0.3 is 0 Å². The molecule has 0 radical (unpaired) electrons. The molecule has 86 valence electrons. The van der Waals surface area contributed by atoms with Crippen LogP contribution in [0.2, 0.25) is 4.34 Å². The minimum Gasteiger partial charge on any atom is -0.330 e. The Morgan fingerprint density at radius 3 is 2.60 bits per heavy atom. The summed E-state index contributed by atoms with van der Waals surface area (Å²) in [5.41, 5.74) is 6.77. The molecule has 0 fully saturated rings. The van der Waals surface area contributed by atoms with E-state index in [-0.39, 0.29) is 0 Å². The van der Waals surface area contributed by atoms with Crippen LogP contribution in [-0.4, -0.2) is 24.5 Å². The molecule has 0 unspecified atom stereocenters. The second-order valence-corrected chi connectivity index (χ2v) is 5.25. The molecule has 0 amide bonds. The van der Waals surface area contributed by atoms with E-state index in [4.69, 9.17) is 17.3 Å². The maximum absolute atomic E-state index is 6.19. The maximum atomic E-state index is 6.19. The zero-order chi connectivity index (χ0) is 11.3. The van der Waals surface area contributed by atoms with Crippen LogP contribution in [0.4, 0.5) is 0 Å². The SMILES string of the molecule is CCN(CC)Cc1cc(CCN)sc1Cl. The van der Waals surface area contributed by atoms with Crippen molar-refractivity contribution >= 4 is 22.9 Å². The number of hydrogen-bond donors (Lipinski definition) is 1. The minimum absolute atomic E-state index is 0.696. The standard InChI is InChI=1S/C11H19ClN2S/c1-3-14(4-2)8-9-7-10(5-6-13)15-11(9)12/h7H,3-6,8,13H2,1-2H3. The van der Waals surface area contributed by atoms with Gasteiger partial charge in [0.25, 0.3) is 0 Å². The summed E-state index contributed by atoms with van der Waals surface area (Å²) in [6, 6.07) is 2.19. The Kier molecular flexibility index (Phi) is 5.61. The summed E-state index contributed by atoms with van der Waals surface area (Å²) in [7, 11) is 0. The largest absolute Gasteiger partial charge is 0.330 e. The number of hydrogen-bond acceptors (Lipinski definition) is 3. The third-order valence-electron chi connectivity index (χ3n) is 2.49. The summed E-state index contributed by atoms with van der Waals surface area (Å²) in [4.78, 5) is 3.66. The van der Waals surface area contributed by atoms with Crippen molar-refractivity contribution in [3.8, 4) is 0 Å². The first kappa shape index (κ1) is 13.0. The van der Waals surface area contributed by atoms with Crippen molar-refractivity contribution in [1.29, 1.82) is 0 Å². The Hall–Kier alpha value is -0.0900. The summed E-state index contributed by atoms with van der Waals surface area (Å²) in [6.45, 7) is 8.12. The predicted octanol–water partition coefficient (Wildman–Crippen LogP) is 2.74. The van der Waals surface area contributed by atoms with Crippen molar-refractivity contribution in [3.05, 3.63) is 20.8 Å². The monoisotopic (exact) mass is 246 g/mol. The molecule has 0 atom stereocenters. The van der Waals surface area contributed by atoms with Gasteiger partial charge in [-0.2, -0.15) is 0 Å². The fourth-order valence-corrected chi connectivity index (χ4v) is 2.84. The Morgan fingerprint density at radius 2 is 2.07 bits per heavy atom. The molecular formula is C11H19ClN2S. The van der Waals surface area contributed by atoms with E-state index in [2.05, 4.69) is 24.8 Å². The van der Waals surface area contributed by atoms with Crippen molar-refractivity contribution in [2.24, 2.45) is 5.73 Å². The third kappa shape index (κ3) is 3.76. The number of halogens is 1. The fourth-order valence-electron chi connectivity index (χ4n) is 1.52. The Balaban J connectivity index is 2.67. The predicted molar refractivity (Wildman–Crippen MR) is 68.7 cm³/mol. The van der Waals surface area contributed by atoms with Crippen LogP contribution in [0.3, 0.4) is 0 Å². The van der Waals surface area contributed by atoms with Crippen LogP contribution in [0, 0.1) is 0 Å². The van der Waals surface area contributed by atoms with Gasteiger partial charge < -0.3 is 5.73 Å². The lowest BCUT2D eigenvalue weighted by Crippen LogP contribution is -2.21. The van der Waals surface area contributed by atoms with Crippen LogP contribution < -0.4 is 5.73 Å². The van der Waals surface area contributed by atoms with E-state index < -0.39 is 0 Å².